The molecule has 2 fully saturated rings. The molecule has 2 heterocycles. The lowest BCUT2D eigenvalue weighted by Gasteiger charge is -2.46. The summed E-state index contributed by atoms with van der Waals surface area (Å²) in [6, 6.07) is -0.631. The molecule has 9 nitrogen and oxygen atoms in total. The first-order chi connectivity index (χ1) is 10.4. The van der Waals surface area contributed by atoms with Crippen LogP contribution in [0, 0.1) is 0 Å². The third-order valence-electron chi connectivity index (χ3n) is 3.78. The molecule has 2 aliphatic rings. The van der Waals surface area contributed by atoms with Crippen molar-refractivity contribution in [3.05, 3.63) is 46.2 Å². The Hall–Kier alpha value is -2.02. The molecular weight excluding hydrogens is 288 g/mol. The van der Waals surface area contributed by atoms with Crippen molar-refractivity contribution in [3.8, 4) is 0 Å². The van der Waals surface area contributed by atoms with Crippen LogP contribution in [-0.4, -0.2) is 42.3 Å². The zero-order chi connectivity index (χ0) is 16.4. The summed E-state index contributed by atoms with van der Waals surface area (Å²) in [4.78, 5) is 5.63. The van der Waals surface area contributed by atoms with Crippen molar-refractivity contribution in [2.45, 2.75) is 49.6 Å². The molecule has 2 rings (SSSR count). The van der Waals surface area contributed by atoms with Gasteiger partial charge in [-0.15, -0.1) is 13.2 Å². The van der Waals surface area contributed by atoms with Crippen LogP contribution in [0.1, 0.15) is 13.8 Å². The van der Waals surface area contributed by atoms with Crippen LogP contribution >= 0.6 is 0 Å². The van der Waals surface area contributed by atoms with Gasteiger partial charge in [0.1, 0.15) is 17.8 Å². The highest BCUT2D eigenvalue weighted by molar-refractivity contribution is 5.18. The van der Waals surface area contributed by atoms with Crippen molar-refractivity contribution in [3.63, 3.8) is 0 Å². The van der Waals surface area contributed by atoms with E-state index in [1.54, 1.807) is 13.8 Å². The van der Waals surface area contributed by atoms with Gasteiger partial charge in [-0.25, -0.2) is 0 Å². The van der Waals surface area contributed by atoms with Crippen LogP contribution in [0.2, 0.25) is 0 Å². The maximum atomic E-state index is 8.80. The van der Waals surface area contributed by atoms with E-state index in [9.17, 15) is 0 Å². The number of hydrogen-bond donors (Lipinski definition) is 0. The number of ether oxygens (including phenoxy) is 3. The molecule has 5 atom stereocenters. The van der Waals surface area contributed by atoms with Crippen LogP contribution in [0.4, 0.5) is 0 Å². The van der Waals surface area contributed by atoms with Crippen molar-refractivity contribution in [2.24, 2.45) is 10.2 Å². The van der Waals surface area contributed by atoms with Crippen molar-refractivity contribution < 1.29 is 14.2 Å². The lowest BCUT2D eigenvalue weighted by Crippen LogP contribution is -2.62. The quantitative estimate of drug-likeness (QED) is 0.335. The standard InChI is InChI=1S/C13H18N6O3/c1-5-8-9(17-19-15)10-11(22-12(3,4)21-10)13(6-2,20-8)7-16-18-14/h5-6,8-11H,1-2,7H2,3-4H3/t8?,9?,10-,11-,13?/m1/s1. The molecule has 0 bridgehead atoms. The molecule has 0 amide bonds. The predicted molar refractivity (Wildman–Crippen MR) is 78.8 cm³/mol. The van der Waals surface area contributed by atoms with Crippen LogP contribution in [0.3, 0.4) is 0 Å². The summed E-state index contributed by atoms with van der Waals surface area (Å²) in [5.74, 6) is -0.886. The van der Waals surface area contributed by atoms with Crippen molar-refractivity contribution in [2.75, 3.05) is 6.54 Å². The normalized spacial score (nSPS) is 39.0. The summed E-state index contributed by atoms with van der Waals surface area (Å²) in [7, 11) is 0. The second-order valence-electron chi connectivity index (χ2n) is 5.58. The van der Waals surface area contributed by atoms with Crippen LogP contribution in [0.15, 0.2) is 35.5 Å². The molecule has 0 spiro atoms. The topological polar surface area (TPSA) is 125 Å². The summed E-state index contributed by atoms with van der Waals surface area (Å²) in [5.41, 5.74) is 16.3. The Kier molecular flexibility index (Phi) is 4.46. The second kappa shape index (κ2) is 6.00. The Morgan fingerprint density at radius 1 is 1.18 bits per heavy atom. The number of rotatable bonds is 5. The Bertz CT molecular complexity index is 566. The molecule has 0 saturated carbocycles. The summed E-state index contributed by atoms with van der Waals surface area (Å²) in [6.07, 6.45) is 1.28. The van der Waals surface area contributed by atoms with E-state index >= 15 is 0 Å². The van der Waals surface area contributed by atoms with E-state index in [-0.39, 0.29) is 6.54 Å². The van der Waals surface area contributed by atoms with Gasteiger partial charge in [-0.3, -0.25) is 0 Å². The largest absolute Gasteiger partial charge is 0.360 e. The number of fused-ring (bicyclic) bond motifs is 1. The minimum absolute atomic E-state index is 0.0130. The number of azide groups is 2. The van der Waals surface area contributed by atoms with Gasteiger partial charge in [0.2, 0.25) is 0 Å². The van der Waals surface area contributed by atoms with E-state index < -0.39 is 35.7 Å². The maximum absolute atomic E-state index is 8.80. The smallest absolute Gasteiger partial charge is 0.163 e. The van der Waals surface area contributed by atoms with Crippen LogP contribution in [0.5, 0.6) is 0 Å². The molecule has 118 valence electrons. The third kappa shape index (κ3) is 2.68. The first kappa shape index (κ1) is 16.4. The third-order valence-corrected chi connectivity index (χ3v) is 3.78. The highest BCUT2D eigenvalue weighted by Crippen LogP contribution is 2.44. The zero-order valence-corrected chi connectivity index (χ0v) is 12.5. The molecule has 9 heteroatoms. The predicted octanol–water partition coefficient (Wildman–Crippen LogP) is 3.01. The van der Waals surface area contributed by atoms with E-state index in [1.807, 2.05) is 0 Å². The van der Waals surface area contributed by atoms with E-state index in [4.69, 9.17) is 25.3 Å². The minimum atomic E-state index is -1.08. The minimum Gasteiger partial charge on any atom is -0.360 e. The monoisotopic (exact) mass is 306 g/mol. The van der Waals surface area contributed by atoms with Crippen molar-refractivity contribution >= 4 is 0 Å². The molecule has 0 N–H and O–H groups in total. The Balaban J connectivity index is 2.49. The molecule has 2 saturated heterocycles. The zero-order valence-electron chi connectivity index (χ0n) is 12.5. The van der Waals surface area contributed by atoms with Gasteiger partial charge in [0.25, 0.3) is 0 Å². The Labute approximate surface area is 127 Å². The Morgan fingerprint density at radius 2 is 1.91 bits per heavy atom. The van der Waals surface area contributed by atoms with Gasteiger partial charge in [0.05, 0.1) is 18.7 Å². The van der Waals surface area contributed by atoms with Crippen LogP contribution in [-0.2, 0) is 14.2 Å². The summed E-state index contributed by atoms with van der Waals surface area (Å²) < 4.78 is 17.8. The fourth-order valence-electron chi connectivity index (χ4n) is 2.87. The lowest BCUT2D eigenvalue weighted by molar-refractivity contribution is -0.177. The summed E-state index contributed by atoms with van der Waals surface area (Å²) in [6.45, 7) is 11.0. The van der Waals surface area contributed by atoms with E-state index in [0.29, 0.717) is 0 Å². The summed E-state index contributed by atoms with van der Waals surface area (Å²) in [5, 5.41) is 7.36. The van der Waals surface area contributed by atoms with Crippen molar-refractivity contribution in [1.29, 1.82) is 0 Å². The molecule has 2 aliphatic heterocycles. The van der Waals surface area contributed by atoms with Crippen molar-refractivity contribution in [1.82, 2.24) is 0 Å². The first-order valence-electron chi connectivity index (χ1n) is 6.77. The lowest BCUT2D eigenvalue weighted by atomic mass is 9.83. The molecule has 0 aromatic rings. The molecule has 22 heavy (non-hydrogen) atoms. The average molecular weight is 306 g/mol. The molecule has 0 aliphatic carbocycles. The summed E-state index contributed by atoms with van der Waals surface area (Å²) >= 11 is 0. The molecular formula is C13H18N6O3. The van der Waals surface area contributed by atoms with E-state index in [1.165, 1.54) is 12.2 Å². The van der Waals surface area contributed by atoms with Gasteiger partial charge in [-0.1, -0.05) is 22.4 Å². The van der Waals surface area contributed by atoms with Crippen LogP contribution < -0.4 is 0 Å². The molecule has 0 radical (unpaired) electrons. The van der Waals surface area contributed by atoms with Gasteiger partial charge in [0, 0.05) is 9.82 Å². The highest BCUT2D eigenvalue weighted by atomic mass is 16.8. The fourth-order valence-corrected chi connectivity index (χ4v) is 2.87. The Morgan fingerprint density at radius 3 is 2.45 bits per heavy atom. The number of hydrogen-bond acceptors (Lipinski definition) is 5. The maximum Gasteiger partial charge on any atom is 0.163 e. The van der Waals surface area contributed by atoms with Crippen LogP contribution in [0.25, 0.3) is 20.9 Å². The van der Waals surface area contributed by atoms with Gasteiger partial charge in [0.15, 0.2) is 5.79 Å². The number of nitrogens with zero attached hydrogens (tertiary/aromatic N) is 6. The van der Waals surface area contributed by atoms with E-state index in [2.05, 4.69) is 33.2 Å². The van der Waals surface area contributed by atoms with E-state index in [0.717, 1.165) is 0 Å². The molecule has 0 aromatic heterocycles. The average Bonchev–Trinajstić information content (AvgIpc) is 2.83. The first-order valence-corrected chi connectivity index (χ1v) is 6.77. The second-order valence-corrected chi connectivity index (χ2v) is 5.58. The molecule has 3 unspecified atom stereocenters. The fraction of sp³-hybridized carbons (Fsp3) is 0.692. The van der Waals surface area contributed by atoms with Gasteiger partial charge < -0.3 is 14.2 Å². The van der Waals surface area contributed by atoms with Gasteiger partial charge in [-0.2, -0.15) is 0 Å². The molecule has 0 aromatic carbocycles. The van der Waals surface area contributed by atoms with Gasteiger partial charge in [-0.05, 0) is 24.9 Å². The van der Waals surface area contributed by atoms with Gasteiger partial charge >= 0.3 is 0 Å². The highest BCUT2D eigenvalue weighted by Gasteiger charge is 2.59. The SMILES string of the molecule is C=CC1OC(C=C)(CN=[N+]=[N-])[C@@H]2OC(C)(C)O[C@@H]2C1N=[N+]=[N-].